The van der Waals surface area contributed by atoms with Gasteiger partial charge in [-0.15, -0.1) is 5.11 Å². The molecule has 1 heterocycles. The van der Waals surface area contributed by atoms with Crippen LogP contribution in [0.2, 0.25) is 0 Å². The fourth-order valence-electron chi connectivity index (χ4n) is 1.74. The molecule has 0 spiro atoms. The highest BCUT2D eigenvalue weighted by Gasteiger charge is 2.04. The maximum absolute atomic E-state index is 10.5. The van der Waals surface area contributed by atoms with E-state index in [1.54, 1.807) is 0 Å². The average molecular weight is 284 g/mol. The lowest BCUT2D eigenvalue weighted by molar-refractivity contribution is -0.385. The Labute approximate surface area is 122 Å². The maximum Gasteiger partial charge on any atom is 0.287 e. The van der Waals surface area contributed by atoms with Crippen LogP contribution in [0.25, 0.3) is 0 Å². The molecule has 108 valence electrons. The molecular weight excluding hydrogens is 268 g/mol. The molecule has 0 aliphatic rings. The number of nitrogens with zero attached hydrogens (tertiary/aromatic N) is 4. The number of benzene rings is 1. The van der Waals surface area contributed by atoms with Crippen LogP contribution in [0.15, 0.2) is 52.8 Å². The Morgan fingerprint density at radius 2 is 1.90 bits per heavy atom. The lowest BCUT2D eigenvalue weighted by Crippen LogP contribution is -1.88. The van der Waals surface area contributed by atoms with Gasteiger partial charge < -0.3 is 0 Å². The maximum atomic E-state index is 10.5. The Morgan fingerprint density at radius 1 is 1.19 bits per heavy atom. The summed E-state index contributed by atoms with van der Waals surface area (Å²) in [7, 11) is 0. The average Bonchev–Trinajstić information content (AvgIpc) is 2.48. The molecule has 1 aromatic heterocycles. The quantitative estimate of drug-likeness (QED) is 0.463. The number of hydrogen-bond acceptors (Lipinski definition) is 5. The molecule has 1 aromatic carbocycles. The van der Waals surface area contributed by atoms with Gasteiger partial charge in [-0.3, -0.25) is 10.1 Å². The van der Waals surface area contributed by atoms with Crippen LogP contribution in [0.4, 0.5) is 11.5 Å². The molecule has 0 bridgehead atoms. The van der Waals surface area contributed by atoms with Crippen molar-refractivity contribution in [1.82, 2.24) is 4.98 Å². The Hall–Kier alpha value is -2.63. The SMILES string of the molecule is CC(C)c1ccc(CN=Nc2ccc([N+](=O)[O-])cn2)cc1. The van der Waals surface area contributed by atoms with E-state index in [1.807, 2.05) is 12.1 Å². The van der Waals surface area contributed by atoms with Gasteiger partial charge >= 0.3 is 0 Å². The molecule has 21 heavy (non-hydrogen) atoms. The van der Waals surface area contributed by atoms with Gasteiger partial charge in [0.05, 0.1) is 11.5 Å². The highest BCUT2D eigenvalue weighted by molar-refractivity contribution is 5.35. The Balaban J connectivity index is 1.97. The largest absolute Gasteiger partial charge is 0.287 e. The third-order valence-corrected chi connectivity index (χ3v) is 3.02. The van der Waals surface area contributed by atoms with E-state index in [4.69, 9.17) is 0 Å². The van der Waals surface area contributed by atoms with E-state index >= 15 is 0 Å². The highest BCUT2D eigenvalue weighted by Crippen LogP contribution is 2.17. The van der Waals surface area contributed by atoms with Crippen LogP contribution in [0.1, 0.15) is 30.9 Å². The minimum atomic E-state index is -0.496. The van der Waals surface area contributed by atoms with E-state index in [0.29, 0.717) is 18.3 Å². The first-order valence-corrected chi connectivity index (χ1v) is 6.63. The van der Waals surface area contributed by atoms with Crippen LogP contribution in [0.5, 0.6) is 0 Å². The van der Waals surface area contributed by atoms with Gasteiger partial charge in [0, 0.05) is 6.07 Å². The summed E-state index contributed by atoms with van der Waals surface area (Å²) in [6.07, 6.45) is 1.17. The van der Waals surface area contributed by atoms with Gasteiger partial charge in [-0.25, -0.2) is 4.98 Å². The first-order chi connectivity index (χ1) is 10.1. The zero-order valence-electron chi connectivity index (χ0n) is 11.9. The summed E-state index contributed by atoms with van der Waals surface area (Å²) in [6, 6.07) is 11.1. The third-order valence-electron chi connectivity index (χ3n) is 3.02. The second-order valence-corrected chi connectivity index (χ2v) is 4.93. The smallest absolute Gasteiger partial charge is 0.258 e. The number of rotatable bonds is 5. The molecule has 0 unspecified atom stereocenters. The normalized spacial score (nSPS) is 11.2. The lowest BCUT2D eigenvalue weighted by Gasteiger charge is -2.05. The van der Waals surface area contributed by atoms with Crippen LogP contribution >= 0.6 is 0 Å². The number of pyridine rings is 1. The predicted molar refractivity (Wildman–Crippen MR) is 79.6 cm³/mol. The molecule has 0 aliphatic heterocycles. The molecule has 0 fully saturated rings. The molecule has 0 N–H and O–H groups in total. The van der Waals surface area contributed by atoms with Gasteiger partial charge in [-0.05, 0) is 23.1 Å². The summed E-state index contributed by atoms with van der Waals surface area (Å²) in [5.41, 5.74) is 2.29. The summed E-state index contributed by atoms with van der Waals surface area (Å²) < 4.78 is 0. The van der Waals surface area contributed by atoms with Crippen molar-refractivity contribution >= 4 is 11.5 Å². The summed E-state index contributed by atoms with van der Waals surface area (Å²) in [4.78, 5) is 13.9. The molecule has 2 aromatic rings. The van der Waals surface area contributed by atoms with Gasteiger partial charge in [0.1, 0.15) is 6.20 Å². The van der Waals surface area contributed by atoms with E-state index < -0.39 is 4.92 Å². The second kappa shape index (κ2) is 6.69. The van der Waals surface area contributed by atoms with Gasteiger partial charge in [0.2, 0.25) is 0 Å². The predicted octanol–water partition coefficient (Wildman–Crippen LogP) is 4.40. The number of azo groups is 1. The Bertz CT molecular complexity index is 634. The molecular formula is C15H16N4O2. The molecule has 0 saturated heterocycles. The van der Waals surface area contributed by atoms with Crippen LogP contribution in [-0.4, -0.2) is 9.91 Å². The number of hydrogen-bond donors (Lipinski definition) is 0. The van der Waals surface area contributed by atoms with Crippen molar-refractivity contribution in [2.75, 3.05) is 0 Å². The van der Waals surface area contributed by atoms with Crippen molar-refractivity contribution in [2.45, 2.75) is 26.3 Å². The van der Waals surface area contributed by atoms with Crippen molar-refractivity contribution < 1.29 is 4.92 Å². The molecule has 0 radical (unpaired) electrons. The number of aromatic nitrogens is 1. The molecule has 2 rings (SSSR count). The van der Waals surface area contributed by atoms with Crippen molar-refractivity contribution in [3.63, 3.8) is 0 Å². The van der Waals surface area contributed by atoms with E-state index in [1.165, 1.54) is 23.9 Å². The van der Waals surface area contributed by atoms with Crippen molar-refractivity contribution in [3.05, 3.63) is 63.8 Å². The van der Waals surface area contributed by atoms with Crippen molar-refractivity contribution in [1.29, 1.82) is 0 Å². The Kier molecular flexibility index (Phi) is 4.71. The van der Waals surface area contributed by atoms with Crippen molar-refractivity contribution in [3.8, 4) is 0 Å². The van der Waals surface area contributed by atoms with Crippen LogP contribution < -0.4 is 0 Å². The summed E-state index contributed by atoms with van der Waals surface area (Å²) in [5.74, 6) is 0.865. The molecule has 0 amide bonds. The first-order valence-electron chi connectivity index (χ1n) is 6.63. The molecule has 6 heteroatoms. The fraction of sp³-hybridized carbons (Fsp3) is 0.267. The Morgan fingerprint density at radius 3 is 2.43 bits per heavy atom. The zero-order chi connectivity index (χ0) is 15.2. The molecule has 0 aliphatic carbocycles. The van der Waals surface area contributed by atoms with Crippen LogP contribution in [0.3, 0.4) is 0 Å². The van der Waals surface area contributed by atoms with Crippen molar-refractivity contribution in [2.24, 2.45) is 10.2 Å². The lowest BCUT2D eigenvalue weighted by atomic mass is 10.0. The van der Waals surface area contributed by atoms with Gasteiger partial charge in [0.15, 0.2) is 5.82 Å². The van der Waals surface area contributed by atoms with Gasteiger partial charge in [0.25, 0.3) is 5.69 Å². The fourth-order valence-corrected chi connectivity index (χ4v) is 1.74. The minimum absolute atomic E-state index is 0.0572. The summed E-state index contributed by atoms with van der Waals surface area (Å²) in [5, 5.41) is 18.5. The summed E-state index contributed by atoms with van der Waals surface area (Å²) in [6.45, 7) is 4.75. The van der Waals surface area contributed by atoms with E-state index in [0.717, 1.165) is 5.56 Å². The topological polar surface area (TPSA) is 80.8 Å². The minimum Gasteiger partial charge on any atom is -0.258 e. The second-order valence-electron chi connectivity index (χ2n) is 4.93. The van der Waals surface area contributed by atoms with E-state index in [9.17, 15) is 10.1 Å². The standard InChI is InChI=1S/C15H16N4O2/c1-11(2)13-5-3-12(4-6-13)9-17-18-15-8-7-14(10-16-15)19(20)21/h3-8,10-11H,9H2,1-2H3. The van der Waals surface area contributed by atoms with Gasteiger partial charge in [-0.1, -0.05) is 38.1 Å². The molecule has 0 saturated carbocycles. The van der Waals surface area contributed by atoms with E-state index in [-0.39, 0.29) is 5.69 Å². The van der Waals surface area contributed by atoms with Crippen LogP contribution in [-0.2, 0) is 6.54 Å². The molecule has 6 nitrogen and oxygen atoms in total. The first kappa shape index (κ1) is 14.8. The summed E-state index contributed by atoms with van der Waals surface area (Å²) >= 11 is 0. The number of nitro groups is 1. The zero-order valence-corrected chi connectivity index (χ0v) is 11.9. The highest BCUT2D eigenvalue weighted by atomic mass is 16.6. The monoisotopic (exact) mass is 284 g/mol. The third kappa shape index (κ3) is 4.17. The van der Waals surface area contributed by atoms with E-state index in [2.05, 4.69) is 41.2 Å². The molecule has 0 atom stereocenters. The van der Waals surface area contributed by atoms with Gasteiger partial charge in [-0.2, -0.15) is 5.11 Å². The van der Waals surface area contributed by atoms with Crippen LogP contribution in [0, 0.1) is 10.1 Å².